The summed E-state index contributed by atoms with van der Waals surface area (Å²) in [6.45, 7) is 5.58. The lowest BCUT2D eigenvalue weighted by atomic mass is 10.1. The highest BCUT2D eigenvalue weighted by Crippen LogP contribution is 2.13. The molecule has 1 aromatic heterocycles. The SMILES string of the molecule is CC(CNCc1cccs1)OCC1CCCCO1. The maximum atomic E-state index is 5.82. The zero-order valence-corrected chi connectivity index (χ0v) is 11.9. The molecule has 3 nitrogen and oxygen atoms in total. The number of hydrogen-bond acceptors (Lipinski definition) is 4. The minimum atomic E-state index is 0.246. The van der Waals surface area contributed by atoms with Gasteiger partial charge >= 0.3 is 0 Å². The molecule has 0 radical (unpaired) electrons. The van der Waals surface area contributed by atoms with Crippen LogP contribution in [0.2, 0.25) is 0 Å². The van der Waals surface area contributed by atoms with Gasteiger partial charge in [0.2, 0.25) is 0 Å². The second kappa shape index (κ2) is 7.89. The van der Waals surface area contributed by atoms with Gasteiger partial charge in [-0.1, -0.05) is 6.07 Å². The van der Waals surface area contributed by atoms with E-state index >= 15 is 0 Å². The highest BCUT2D eigenvalue weighted by Gasteiger charge is 2.15. The molecule has 1 saturated heterocycles. The zero-order valence-electron chi connectivity index (χ0n) is 11.1. The highest BCUT2D eigenvalue weighted by atomic mass is 32.1. The molecule has 1 fully saturated rings. The molecule has 2 unspecified atom stereocenters. The van der Waals surface area contributed by atoms with Crippen LogP contribution in [0.5, 0.6) is 0 Å². The van der Waals surface area contributed by atoms with Crippen molar-refractivity contribution in [1.82, 2.24) is 5.32 Å². The largest absolute Gasteiger partial charge is 0.376 e. The van der Waals surface area contributed by atoms with Crippen molar-refractivity contribution >= 4 is 11.3 Å². The normalized spacial score (nSPS) is 21.9. The first kappa shape index (κ1) is 14.0. The summed E-state index contributed by atoms with van der Waals surface area (Å²) in [5.41, 5.74) is 0. The lowest BCUT2D eigenvalue weighted by Crippen LogP contribution is -2.31. The van der Waals surface area contributed by atoms with Gasteiger partial charge in [0, 0.05) is 24.6 Å². The molecule has 0 bridgehead atoms. The molecular weight excluding hydrogens is 246 g/mol. The Morgan fingerprint density at radius 2 is 2.50 bits per heavy atom. The Balaban J connectivity index is 1.53. The Morgan fingerprint density at radius 1 is 1.56 bits per heavy atom. The number of thiophene rings is 1. The van der Waals surface area contributed by atoms with Gasteiger partial charge in [-0.15, -0.1) is 11.3 Å². The van der Waals surface area contributed by atoms with Crippen LogP contribution in [0.4, 0.5) is 0 Å². The molecule has 0 amide bonds. The Kier molecular flexibility index (Phi) is 6.14. The van der Waals surface area contributed by atoms with Crippen LogP contribution in [0.3, 0.4) is 0 Å². The average molecular weight is 269 g/mol. The molecule has 2 rings (SSSR count). The van der Waals surface area contributed by atoms with Crippen molar-refractivity contribution in [1.29, 1.82) is 0 Å². The van der Waals surface area contributed by atoms with E-state index in [9.17, 15) is 0 Å². The topological polar surface area (TPSA) is 30.5 Å². The summed E-state index contributed by atoms with van der Waals surface area (Å²) >= 11 is 1.79. The Morgan fingerprint density at radius 3 is 3.22 bits per heavy atom. The van der Waals surface area contributed by atoms with Crippen LogP contribution in [0.1, 0.15) is 31.1 Å². The maximum absolute atomic E-state index is 5.82. The van der Waals surface area contributed by atoms with Crippen molar-refractivity contribution in [2.75, 3.05) is 19.8 Å². The standard InChI is InChI=1S/C14H23NO2S/c1-12(9-15-10-14-6-4-8-18-14)17-11-13-5-2-3-7-16-13/h4,6,8,12-13,15H,2-3,5,7,9-11H2,1H3. The van der Waals surface area contributed by atoms with Gasteiger partial charge in [0.05, 0.1) is 18.8 Å². The lowest BCUT2D eigenvalue weighted by molar-refractivity contribution is -0.0584. The molecular formula is C14H23NO2S. The molecule has 0 spiro atoms. The maximum Gasteiger partial charge on any atom is 0.0808 e. The molecule has 1 aliphatic heterocycles. The minimum Gasteiger partial charge on any atom is -0.376 e. The van der Waals surface area contributed by atoms with Crippen LogP contribution in [0.25, 0.3) is 0 Å². The number of hydrogen-bond donors (Lipinski definition) is 1. The first-order valence-corrected chi connectivity index (χ1v) is 7.69. The van der Waals surface area contributed by atoms with Crippen LogP contribution in [-0.2, 0) is 16.0 Å². The van der Waals surface area contributed by atoms with Crippen molar-refractivity contribution < 1.29 is 9.47 Å². The predicted molar refractivity (Wildman–Crippen MR) is 75.0 cm³/mol. The predicted octanol–water partition coefficient (Wildman–Crippen LogP) is 2.81. The molecule has 18 heavy (non-hydrogen) atoms. The number of nitrogens with one attached hydrogen (secondary N) is 1. The van der Waals surface area contributed by atoms with Crippen molar-refractivity contribution in [2.45, 2.75) is 44.9 Å². The Labute approximate surface area is 113 Å². The molecule has 0 saturated carbocycles. The molecule has 0 aromatic carbocycles. The van der Waals surface area contributed by atoms with Crippen molar-refractivity contribution in [3.63, 3.8) is 0 Å². The van der Waals surface area contributed by atoms with E-state index < -0.39 is 0 Å². The summed E-state index contributed by atoms with van der Waals surface area (Å²) in [5.74, 6) is 0. The van der Waals surface area contributed by atoms with Gasteiger partial charge in [0.1, 0.15) is 0 Å². The molecule has 102 valence electrons. The molecule has 2 heterocycles. The van der Waals surface area contributed by atoms with Gasteiger partial charge in [0.15, 0.2) is 0 Å². The second-order valence-electron chi connectivity index (χ2n) is 4.84. The van der Waals surface area contributed by atoms with Gasteiger partial charge < -0.3 is 14.8 Å². The van der Waals surface area contributed by atoms with E-state index in [1.807, 2.05) is 0 Å². The summed E-state index contributed by atoms with van der Waals surface area (Å²) < 4.78 is 11.5. The first-order chi connectivity index (χ1) is 8.84. The number of rotatable bonds is 7. The van der Waals surface area contributed by atoms with E-state index in [1.54, 1.807) is 11.3 Å². The molecule has 1 aliphatic rings. The fourth-order valence-electron chi connectivity index (χ4n) is 2.08. The van der Waals surface area contributed by atoms with Gasteiger partial charge in [-0.25, -0.2) is 0 Å². The number of ether oxygens (including phenoxy) is 2. The monoisotopic (exact) mass is 269 g/mol. The lowest BCUT2D eigenvalue weighted by Gasteiger charge is -2.24. The van der Waals surface area contributed by atoms with Crippen molar-refractivity contribution in [3.8, 4) is 0 Å². The van der Waals surface area contributed by atoms with E-state index in [2.05, 4.69) is 29.8 Å². The van der Waals surface area contributed by atoms with Gasteiger partial charge in [-0.3, -0.25) is 0 Å². The fourth-order valence-corrected chi connectivity index (χ4v) is 2.76. The van der Waals surface area contributed by atoms with Gasteiger partial charge in [-0.2, -0.15) is 0 Å². The van der Waals surface area contributed by atoms with E-state index in [1.165, 1.54) is 17.7 Å². The molecule has 0 aliphatic carbocycles. The third-order valence-corrected chi connectivity index (χ3v) is 4.03. The summed E-state index contributed by atoms with van der Waals surface area (Å²) in [7, 11) is 0. The average Bonchev–Trinajstić information content (AvgIpc) is 2.91. The summed E-state index contributed by atoms with van der Waals surface area (Å²) in [6, 6.07) is 4.24. The highest BCUT2D eigenvalue weighted by molar-refractivity contribution is 7.09. The molecule has 4 heteroatoms. The second-order valence-corrected chi connectivity index (χ2v) is 5.88. The Hall–Kier alpha value is -0.420. The van der Waals surface area contributed by atoms with Gasteiger partial charge in [0.25, 0.3) is 0 Å². The van der Waals surface area contributed by atoms with Crippen molar-refractivity contribution in [3.05, 3.63) is 22.4 Å². The van der Waals surface area contributed by atoms with E-state index in [0.717, 1.165) is 32.7 Å². The third-order valence-electron chi connectivity index (χ3n) is 3.15. The van der Waals surface area contributed by atoms with Gasteiger partial charge in [-0.05, 0) is 37.6 Å². The zero-order chi connectivity index (χ0) is 12.6. The molecule has 1 aromatic rings. The summed E-state index contributed by atoms with van der Waals surface area (Å²) in [6.07, 6.45) is 4.19. The smallest absolute Gasteiger partial charge is 0.0808 e. The van der Waals surface area contributed by atoms with Crippen LogP contribution in [-0.4, -0.2) is 32.0 Å². The van der Waals surface area contributed by atoms with E-state index in [0.29, 0.717) is 6.10 Å². The molecule has 2 atom stereocenters. The fraction of sp³-hybridized carbons (Fsp3) is 0.714. The minimum absolute atomic E-state index is 0.246. The quantitative estimate of drug-likeness (QED) is 0.825. The van der Waals surface area contributed by atoms with Crippen LogP contribution in [0, 0.1) is 0 Å². The van der Waals surface area contributed by atoms with Crippen LogP contribution in [0.15, 0.2) is 17.5 Å². The third kappa shape index (κ3) is 5.06. The first-order valence-electron chi connectivity index (χ1n) is 6.81. The molecule has 1 N–H and O–H groups in total. The summed E-state index contributed by atoms with van der Waals surface area (Å²) in [4.78, 5) is 1.37. The summed E-state index contributed by atoms with van der Waals surface area (Å²) in [5, 5.41) is 5.53. The van der Waals surface area contributed by atoms with E-state index in [4.69, 9.17) is 9.47 Å². The van der Waals surface area contributed by atoms with Crippen LogP contribution < -0.4 is 5.32 Å². The Bertz CT molecular complexity index is 310. The van der Waals surface area contributed by atoms with Crippen LogP contribution >= 0.6 is 11.3 Å². The van der Waals surface area contributed by atoms with Crippen molar-refractivity contribution in [2.24, 2.45) is 0 Å². The van der Waals surface area contributed by atoms with E-state index in [-0.39, 0.29) is 6.10 Å².